The van der Waals surface area contributed by atoms with Gasteiger partial charge >= 0.3 is 11.1 Å². The van der Waals surface area contributed by atoms with E-state index >= 15 is 0 Å². The third-order valence-electron chi connectivity index (χ3n) is 6.32. The molecule has 180 valence electrons. The van der Waals surface area contributed by atoms with E-state index < -0.39 is 21.0 Å². The van der Waals surface area contributed by atoms with Crippen LogP contribution < -0.4 is 21.3 Å². The van der Waals surface area contributed by atoms with E-state index in [1.54, 1.807) is 44.2 Å². The summed E-state index contributed by atoms with van der Waals surface area (Å²) < 4.78 is 25.4. The van der Waals surface area contributed by atoms with Gasteiger partial charge in [-0.15, -0.1) is 0 Å². The fourth-order valence-electron chi connectivity index (χ4n) is 4.32. The Morgan fingerprint density at radius 1 is 1.06 bits per heavy atom. The maximum Gasteiger partial charge on any atom is 0.316 e. The number of carbonyl (C=O) groups is 1. The number of aromatic nitrogens is 2. The number of anilines is 1. The Labute approximate surface area is 197 Å². The number of piperidine rings is 1. The van der Waals surface area contributed by atoms with Crippen LogP contribution in [0.2, 0.25) is 0 Å². The highest BCUT2D eigenvalue weighted by atomic mass is 32.2. The average molecular weight is 485 g/mol. The van der Waals surface area contributed by atoms with Crippen LogP contribution in [0.25, 0.3) is 11.0 Å². The summed E-state index contributed by atoms with van der Waals surface area (Å²) in [7, 11) is -3.22. The number of benzene rings is 2. The third kappa shape index (κ3) is 4.63. The molecule has 9 nitrogen and oxygen atoms in total. The number of hydrogen-bond acceptors (Lipinski definition) is 6. The Hall–Kier alpha value is -3.40. The van der Waals surface area contributed by atoms with Gasteiger partial charge in [0, 0.05) is 36.9 Å². The quantitative estimate of drug-likeness (QED) is 0.516. The summed E-state index contributed by atoms with van der Waals surface area (Å²) in [6.45, 7) is 5.25. The first kappa shape index (κ1) is 23.7. The zero-order valence-corrected chi connectivity index (χ0v) is 20.0. The lowest BCUT2D eigenvalue weighted by Gasteiger charge is -2.34. The van der Waals surface area contributed by atoms with Crippen LogP contribution in [-0.2, 0) is 16.4 Å². The monoisotopic (exact) mass is 484 g/mol. The number of aromatic amines is 1. The summed E-state index contributed by atoms with van der Waals surface area (Å²) in [6, 6.07) is 11.9. The van der Waals surface area contributed by atoms with Crippen molar-refractivity contribution < 1.29 is 13.2 Å². The van der Waals surface area contributed by atoms with Crippen LogP contribution in [0.15, 0.2) is 56.9 Å². The number of nitrogens with zero attached hydrogens (tertiary/aromatic N) is 2. The number of fused-ring (bicyclic) bond motifs is 1. The van der Waals surface area contributed by atoms with E-state index in [0.29, 0.717) is 28.0 Å². The first-order valence-electron chi connectivity index (χ1n) is 11.4. The van der Waals surface area contributed by atoms with Gasteiger partial charge in [0.2, 0.25) is 0 Å². The van der Waals surface area contributed by atoms with Crippen molar-refractivity contribution in [2.24, 2.45) is 0 Å². The first-order chi connectivity index (χ1) is 16.2. The number of H-pyrrole nitrogens is 1. The summed E-state index contributed by atoms with van der Waals surface area (Å²) in [5.74, 6) is -0.159. The van der Waals surface area contributed by atoms with Gasteiger partial charge in [0.15, 0.2) is 9.84 Å². The van der Waals surface area contributed by atoms with Gasteiger partial charge in [-0.05, 0) is 62.2 Å². The van der Waals surface area contributed by atoms with Gasteiger partial charge in [-0.2, -0.15) is 0 Å². The van der Waals surface area contributed by atoms with Crippen molar-refractivity contribution in [1.29, 1.82) is 0 Å². The Morgan fingerprint density at radius 2 is 1.74 bits per heavy atom. The molecule has 34 heavy (non-hydrogen) atoms. The van der Waals surface area contributed by atoms with Crippen LogP contribution >= 0.6 is 0 Å². The summed E-state index contributed by atoms with van der Waals surface area (Å²) in [4.78, 5) is 41.8. The van der Waals surface area contributed by atoms with Crippen LogP contribution in [-0.4, -0.2) is 48.8 Å². The predicted octanol–water partition coefficient (Wildman–Crippen LogP) is 1.90. The molecular formula is C24H28N4O5S. The van der Waals surface area contributed by atoms with Gasteiger partial charge in [0.05, 0.1) is 21.7 Å². The van der Waals surface area contributed by atoms with Gasteiger partial charge in [0.25, 0.3) is 5.91 Å². The molecule has 2 aromatic carbocycles. The van der Waals surface area contributed by atoms with E-state index in [4.69, 9.17) is 0 Å². The minimum atomic E-state index is -3.22. The Bertz CT molecular complexity index is 1430. The fraction of sp³-hybridized carbons (Fsp3) is 0.375. The van der Waals surface area contributed by atoms with Gasteiger partial charge < -0.3 is 19.8 Å². The lowest BCUT2D eigenvalue weighted by Crippen LogP contribution is -2.44. The molecule has 0 unspecified atom stereocenters. The highest BCUT2D eigenvalue weighted by Crippen LogP contribution is 2.23. The molecule has 0 spiro atoms. The van der Waals surface area contributed by atoms with Crippen molar-refractivity contribution in [2.45, 2.75) is 44.2 Å². The second-order valence-corrected chi connectivity index (χ2v) is 10.6. The van der Waals surface area contributed by atoms with Gasteiger partial charge in [-0.1, -0.05) is 6.92 Å². The molecule has 1 fully saturated rings. The maximum atomic E-state index is 12.8. The van der Waals surface area contributed by atoms with Crippen LogP contribution in [0.3, 0.4) is 0 Å². The number of aryl methyl sites for hydroxylation is 1. The van der Waals surface area contributed by atoms with E-state index in [0.717, 1.165) is 31.6 Å². The SMILES string of the molecule is CCn1c(=O)c(=O)[nH]c2cc(C(=O)NC3CCN(c4ccc(S(=O)(=O)CC)cc4)CC3)ccc21. The summed E-state index contributed by atoms with van der Waals surface area (Å²) in [6.07, 6.45) is 1.50. The number of amides is 1. The van der Waals surface area contributed by atoms with Crippen molar-refractivity contribution in [2.75, 3.05) is 23.7 Å². The van der Waals surface area contributed by atoms with E-state index in [9.17, 15) is 22.8 Å². The Balaban J connectivity index is 1.41. The van der Waals surface area contributed by atoms with Crippen LogP contribution in [0.1, 0.15) is 37.0 Å². The van der Waals surface area contributed by atoms with Gasteiger partial charge in [-0.25, -0.2) is 8.42 Å². The maximum absolute atomic E-state index is 12.8. The molecule has 4 rings (SSSR count). The van der Waals surface area contributed by atoms with Crippen LogP contribution in [0.5, 0.6) is 0 Å². The largest absolute Gasteiger partial charge is 0.371 e. The van der Waals surface area contributed by atoms with Crippen molar-refractivity contribution >= 4 is 32.5 Å². The lowest BCUT2D eigenvalue weighted by atomic mass is 10.0. The van der Waals surface area contributed by atoms with Crippen molar-refractivity contribution in [1.82, 2.24) is 14.9 Å². The Kier molecular flexibility index (Phi) is 6.60. The minimum absolute atomic E-state index is 0.00262. The molecule has 2 N–H and O–H groups in total. The summed E-state index contributed by atoms with van der Waals surface area (Å²) in [5, 5.41) is 3.06. The molecular weight excluding hydrogens is 456 g/mol. The molecule has 1 aromatic heterocycles. The zero-order chi connectivity index (χ0) is 24.5. The summed E-state index contributed by atoms with van der Waals surface area (Å²) in [5.41, 5.74) is 1.08. The molecule has 1 aliphatic heterocycles. The molecule has 0 radical (unpaired) electrons. The molecule has 1 saturated heterocycles. The number of carbonyl (C=O) groups excluding carboxylic acids is 1. The molecule has 0 bridgehead atoms. The summed E-state index contributed by atoms with van der Waals surface area (Å²) >= 11 is 0. The van der Waals surface area contributed by atoms with E-state index in [-0.39, 0.29) is 17.7 Å². The standard InChI is InChI=1S/C24H28N4O5S/c1-3-28-21-10-5-16(15-20(21)26-23(30)24(28)31)22(29)25-17-11-13-27(14-12-17)18-6-8-19(9-7-18)34(32,33)4-2/h5-10,15,17H,3-4,11-14H2,1-2H3,(H,25,29)(H,26,30). The average Bonchev–Trinajstić information content (AvgIpc) is 2.85. The fourth-order valence-corrected chi connectivity index (χ4v) is 5.20. The number of hydrogen-bond donors (Lipinski definition) is 2. The van der Waals surface area contributed by atoms with E-state index in [2.05, 4.69) is 15.2 Å². The highest BCUT2D eigenvalue weighted by molar-refractivity contribution is 7.91. The third-order valence-corrected chi connectivity index (χ3v) is 8.08. The molecule has 2 heterocycles. The molecule has 3 aromatic rings. The van der Waals surface area contributed by atoms with E-state index in [1.807, 2.05) is 12.1 Å². The van der Waals surface area contributed by atoms with Gasteiger partial charge in [-0.3, -0.25) is 14.4 Å². The van der Waals surface area contributed by atoms with Crippen LogP contribution in [0.4, 0.5) is 5.69 Å². The van der Waals surface area contributed by atoms with Crippen LogP contribution in [0, 0.1) is 0 Å². The molecule has 10 heteroatoms. The molecule has 1 amide bonds. The highest BCUT2D eigenvalue weighted by Gasteiger charge is 2.22. The van der Waals surface area contributed by atoms with Crippen molar-refractivity contribution in [3.05, 3.63) is 68.7 Å². The normalized spacial score (nSPS) is 14.9. The first-order valence-corrected chi connectivity index (χ1v) is 13.0. The smallest absolute Gasteiger partial charge is 0.316 e. The number of nitrogens with one attached hydrogen (secondary N) is 2. The predicted molar refractivity (Wildman–Crippen MR) is 131 cm³/mol. The molecule has 1 aliphatic rings. The second kappa shape index (κ2) is 9.46. The number of rotatable bonds is 6. The van der Waals surface area contributed by atoms with Gasteiger partial charge in [0.1, 0.15) is 0 Å². The molecule has 0 saturated carbocycles. The lowest BCUT2D eigenvalue weighted by molar-refractivity contribution is 0.0931. The van der Waals surface area contributed by atoms with Crippen molar-refractivity contribution in [3.8, 4) is 0 Å². The van der Waals surface area contributed by atoms with E-state index in [1.165, 1.54) is 4.57 Å². The Morgan fingerprint density at radius 3 is 2.35 bits per heavy atom. The van der Waals surface area contributed by atoms with Crippen molar-refractivity contribution in [3.63, 3.8) is 0 Å². The molecule has 0 atom stereocenters. The zero-order valence-electron chi connectivity index (χ0n) is 19.2. The number of sulfone groups is 1. The minimum Gasteiger partial charge on any atom is -0.371 e. The topological polar surface area (TPSA) is 121 Å². The second-order valence-electron chi connectivity index (χ2n) is 8.37. The molecule has 0 aliphatic carbocycles.